The van der Waals surface area contributed by atoms with Crippen molar-refractivity contribution in [1.82, 2.24) is 4.90 Å². The molecule has 2 rings (SSSR count). The molecule has 1 aromatic rings. The number of hydrogen-bond acceptors (Lipinski definition) is 5. The van der Waals surface area contributed by atoms with Gasteiger partial charge in [0.15, 0.2) is 11.5 Å². The van der Waals surface area contributed by atoms with Crippen LogP contribution in [0.3, 0.4) is 0 Å². The lowest BCUT2D eigenvalue weighted by atomic mass is 9.97. The van der Waals surface area contributed by atoms with E-state index in [0.717, 1.165) is 5.56 Å². The topological polar surface area (TPSA) is 65.1 Å². The molecule has 0 saturated carbocycles. The van der Waals surface area contributed by atoms with Crippen molar-refractivity contribution in [1.29, 1.82) is 0 Å². The summed E-state index contributed by atoms with van der Waals surface area (Å²) in [6, 6.07) is 5.46. The van der Waals surface area contributed by atoms with Gasteiger partial charge in [0.2, 0.25) is 5.91 Å². The van der Waals surface area contributed by atoms with Crippen LogP contribution in [-0.4, -0.2) is 50.2 Å². The van der Waals surface area contributed by atoms with Crippen LogP contribution in [0.4, 0.5) is 0 Å². The highest BCUT2D eigenvalue weighted by Gasteiger charge is 2.27. The number of benzene rings is 1. The predicted octanol–water partition coefficient (Wildman–Crippen LogP) is 3.24. The summed E-state index contributed by atoms with van der Waals surface area (Å²) in [7, 11) is 1.57. The average Bonchev–Trinajstić information content (AvgIpc) is 2.74. The minimum absolute atomic E-state index is 0.0798. The molecule has 0 atom stereocenters. The van der Waals surface area contributed by atoms with Crippen molar-refractivity contribution in [2.45, 2.75) is 12.8 Å². The van der Waals surface area contributed by atoms with Gasteiger partial charge in [-0.25, -0.2) is 0 Å². The first kappa shape index (κ1) is 21.3. The second-order valence-corrected chi connectivity index (χ2v) is 6.36. The van der Waals surface area contributed by atoms with Gasteiger partial charge in [-0.15, -0.1) is 0 Å². The summed E-state index contributed by atoms with van der Waals surface area (Å²) in [5.74, 6) is 0.768. The molecule has 0 aliphatic carbocycles. The third kappa shape index (κ3) is 6.01. The molecule has 0 bridgehead atoms. The molecule has 0 aromatic heterocycles. The van der Waals surface area contributed by atoms with Gasteiger partial charge < -0.3 is 19.1 Å². The van der Waals surface area contributed by atoms with Crippen molar-refractivity contribution >= 4 is 18.0 Å². The standard InChI is InChI=1S/C22H27NO5/c1-4-14-27-19-8-6-17(16-20(19)26-3)7-9-21(24)23-12-10-18(11-13-23)22(25)28-15-5-2/h4-9,16,18H,1-2,10-15H2,3H3. The van der Waals surface area contributed by atoms with Crippen LogP contribution in [0.15, 0.2) is 49.6 Å². The fourth-order valence-corrected chi connectivity index (χ4v) is 2.92. The van der Waals surface area contributed by atoms with Crippen LogP contribution in [0.2, 0.25) is 0 Å². The molecule has 0 N–H and O–H groups in total. The quantitative estimate of drug-likeness (QED) is 0.371. The highest BCUT2D eigenvalue weighted by atomic mass is 16.5. The van der Waals surface area contributed by atoms with Crippen molar-refractivity contribution < 1.29 is 23.8 Å². The first-order valence-electron chi connectivity index (χ1n) is 9.25. The molecule has 6 heteroatoms. The van der Waals surface area contributed by atoms with E-state index in [4.69, 9.17) is 14.2 Å². The highest BCUT2D eigenvalue weighted by molar-refractivity contribution is 5.92. The van der Waals surface area contributed by atoms with Gasteiger partial charge in [-0.3, -0.25) is 9.59 Å². The van der Waals surface area contributed by atoms with Gasteiger partial charge in [-0.2, -0.15) is 0 Å². The van der Waals surface area contributed by atoms with Gasteiger partial charge in [-0.1, -0.05) is 31.4 Å². The lowest BCUT2D eigenvalue weighted by molar-refractivity contribution is -0.150. The number of carbonyl (C=O) groups is 2. The molecule has 150 valence electrons. The molecule has 1 aromatic carbocycles. The van der Waals surface area contributed by atoms with Gasteiger partial charge in [-0.05, 0) is 36.6 Å². The zero-order valence-corrected chi connectivity index (χ0v) is 16.3. The molecule has 0 unspecified atom stereocenters. The van der Waals surface area contributed by atoms with Gasteiger partial charge in [0.05, 0.1) is 13.0 Å². The molecule has 0 radical (unpaired) electrons. The summed E-state index contributed by atoms with van der Waals surface area (Å²) in [6.07, 6.45) is 7.71. The van der Waals surface area contributed by atoms with Crippen LogP contribution in [-0.2, 0) is 14.3 Å². The number of rotatable bonds is 9. The summed E-state index contributed by atoms with van der Waals surface area (Å²) in [5, 5.41) is 0. The zero-order valence-electron chi connectivity index (χ0n) is 16.3. The predicted molar refractivity (Wildman–Crippen MR) is 108 cm³/mol. The number of methoxy groups -OCH3 is 1. The first-order valence-corrected chi connectivity index (χ1v) is 9.25. The smallest absolute Gasteiger partial charge is 0.309 e. The van der Waals surface area contributed by atoms with E-state index in [1.54, 1.807) is 36.3 Å². The third-order valence-corrected chi connectivity index (χ3v) is 4.45. The van der Waals surface area contributed by atoms with Crippen molar-refractivity contribution in [3.8, 4) is 11.5 Å². The molecule has 1 saturated heterocycles. The summed E-state index contributed by atoms with van der Waals surface area (Å²) in [4.78, 5) is 26.1. The van der Waals surface area contributed by atoms with E-state index in [1.807, 2.05) is 12.1 Å². The Bertz CT molecular complexity index is 732. The fraction of sp³-hybridized carbons (Fsp3) is 0.364. The number of likely N-dealkylation sites (tertiary alicyclic amines) is 1. The molecule has 1 aliphatic rings. The van der Waals surface area contributed by atoms with E-state index in [9.17, 15) is 9.59 Å². The van der Waals surface area contributed by atoms with E-state index >= 15 is 0 Å². The molecule has 1 aliphatic heterocycles. The Kier molecular flexibility index (Phi) is 8.34. The lowest BCUT2D eigenvalue weighted by Gasteiger charge is -2.30. The molecule has 1 fully saturated rings. The van der Waals surface area contributed by atoms with E-state index in [1.165, 1.54) is 6.08 Å². The number of hydrogen-bond donors (Lipinski definition) is 0. The molecular weight excluding hydrogens is 358 g/mol. The second kappa shape index (κ2) is 11.0. The molecule has 6 nitrogen and oxygen atoms in total. The van der Waals surface area contributed by atoms with Crippen LogP contribution >= 0.6 is 0 Å². The second-order valence-electron chi connectivity index (χ2n) is 6.36. The van der Waals surface area contributed by atoms with Crippen LogP contribution in [0.5, 0.6) is 11.5 Å². The van der Waals surface area contributed by atoms with Crippen LogP contribution in [0.1, 0.15) is 18.4 Å². The van der Waals surface area contributed by atoms with Crippen molar-refractivity contribution in [2.75, 3.05) is 33.4 Å². The first-order chi connectivity index (χ1) is 13.6. The zero-order chi connectivity index (χ0) is 20.4. The van der Waals surface area contributed by atoms with Gasteiger partial charge in [0.25, 0.3) is 0 Å². The van der Waals surface area contributed by atoms with E-state index in [2.05, 4.69) is 13.2 Å². The summed E-state index contributed by atoms with van der Waals surface area (Å²) < 4.78 is 15.9. The van der Waals surface area contributed by atoms with Gasteiger partial charge in [0.1, 0.15) is 13.2 Å². The van der Waals surface area contributed by atoms with E-state index in [0.29, 0.717) is 44.0 Å². The molecular formula is C22H27NO5. The number of piperidine rings is 1. The Hall–Kier alpha value is -3.02. The largest absolute Gasteiger partial charge is 0.493 e. The Morgan fingerprint density at radius 3 is 2.50 bits per heavy atom. The summed E-state index contributed by atoms with van der Waals surface area (Å²) >= 11 is 0. The third-order valence-electron chi connectivity index (χ3n) is 4.45. The monoisotopic (exact) mass is 385 g/mol. The summed E-state index contributed by atoms with van der Waals surface area (Å²) in [5.41, 5.74) is 0.832. The maximum atomic E-state index is 12.4. The fourth-order valence-electron chi connectivity index (χ4n) is 2.92. The minimum Gasteiger partial charge on any atom is -0.493 e. The Labute approximate surface area is 166 Å². The number of nitrogens with zero attached hydrogens (tertiary/aromatic N) is 1. The summed E-state index contributed by atoms with van der Waals surface area (Å²) in [6.45, 7) is 8.84. The highest BCUT2D eigenvalue weighted by Crippen LogP contribution is 2.28. The number of amides is 1. The van der Waals surface area contributed by atoms with Crippen LogP contribution < -0.4 is 9.47 Å². The SMILES string of the molecule is C=CCOC(=O)C1CCN(C(=O)C=Cc2ccc(OCC=C)c(OC)c2)CC1. The Morgan fingerprint density at radius 2 is 1.86 bits per heavy atom. The van der Waals surface area contributed by atoms with E-state index < -0.39 is 0 Å². The minimum atomic E-state index is -0.214. The maximum Gasteiger partial charge on any atom is 0.309 e. The van der Waals surface area contributed by atoms with Crippen molar-refractivity contribution in [2.24, 2.45) is 5.92 Å². The van der Waals surface area contributed by atoms with Crippen LogP contribution in [0.25, 0.3) is 6.08 Å². The average molecular weight is 385 g/mol. The Balaban J connectivity index is 1.90. The number of carbonyl (C=O) groups excluding carboxylic acids is 2. The van der Waals surface area contributed by atoms with Gasteiger partial charge in [0, 0.05) is 19.2 Å². The molecule has 1 amide bonds. The van der Waals surface area contributed by atoms with E-state index in [-0.39, 0.29) is 24.4 Å². The van der Waals surface area contributed by atoms with Crippen molar-refractivity contribution in [3.05, 3.63) is 55.1 Å². The molecule has 28 heavy (non-hydrogen) atoms. The molecule has 1 heterocycles. The van der Waals surface area contributed by atoms with Crippen molar-refractivity contribution in [3.63, 3.8) is 0 Å². The Morgan fingerprint density at radius 1 is 1.14 bits per heavy atom. The number of ether oxygens (including phenoxy) is 3. The number of esters is 1. The molecule has 0 spiro atoms. The van der Waals surface area contributed by atoms with Gasteiger partial charge >= 0.3 is 5.97 Å². The van der Waals surface area contributed by atoms with Crippen LogP contribution in [0, 0.1) is 5.92 Å². The lowest BCUT2D eigenvalue weighted by Crippen LogP contribution is -2.39. The maximum absolute atomic E-state index is 12.4. The normalized spacial score (nSPS) is 14.5.